The van der Waals surface area contributed by atoms with Crippen LogP contribution >= 0.6 is 11.6 Å². The molecule has 23 heavy (non-hydrogen) atoms. The summed E-state index contributed by atoms with van der Waals surface area (Å²) >= 11 is 5.75. The minimum Gasteiger partial charge on any atom is -0.432 e. The van der Waals surface area contributed by atoms with Crippen molar-refractivity contribution in [2.75, 3.05) is 0 Å². The third kappa shape index (κ3) is 2.25. The molecule has 0 spiro atoms. The van der Waals surface area contributed by atoms with Crippen molar-refractivity contribution in [3.8, 4) is 22.6 Å². The van der Waals surface area contributed by atoms with E-state index in [0.717, 1.165) is 12.1 Å². The van der Waals surface area contributed by atoms with E-state index in [9.17, 15) is 8.78 Å². The molecule has 0 N–H and O–H groups in total. The molecule has 0 bridgehead atoms. The van der Waals surface area contributed by atoms with Crippen molar-refractivity contribution < 1.29 is 13.2 Å². The van der Waals surface area contributed by atoms with Crippen molar-refractivity contribution in [1.82, 2.24) is 19.6 Å². The molecule has 5 nitrogen and oxygen atoms in total. The lowest BCUT2D eigenvalue weighted by atomic mass is 10.1. The van der Waals surface area contributed by atoms with Gasteiger partial charge < -0.3 is 4.42 Å². The first-order valence-electron chi connectivity index (χ1n) is 6.54. The molecule has 1 aromatic carbocycles. The Labute approximate surface area is 133 Å². The van der Waals surface area contributed by atoms with Crippen molar-refractivity contribution in [3.05, 3.63) is 59.6 Å². The zero-order valence-electron chi connectivity index (χ0n) is 11.4. The molecule has 4 rings (SSSR count). The van der Waals surface area contributed by atoms with E-state index in [-0.39, 0.29) is 22.3 Å². The summed E-state index contributed by atoms with van der Waals surface area (Å²) in [5, 5.41) is 8.02. The largest absolute Gasteiger partial charge is 0.432 e. The van der Waals surface area contributed by atoms with E-state index >= 15 is 0 Å². The lowest BCUT2D eigenvalue weighted by molar-refractivity contribution is 0.585. The van der Waals surface area contributed by atoms with Gasteiger partial charge in [-0.1, -0.05) is 11.6 Å². The molecule has 0 saturated carbocycles. The molecule has 3 heterocycles. The van der Waals surface area contributed by atoms with Crippen molar-refractivity contribution in [1.29, 1.82) is 0 Å². The molecule has 114 valence electrons. The summed E-state index contributed by atoms with van der Waals surface area (Å²) in [6, 6.07) is 6.48. The SMILES string of the molecule is Fc1ccc(-c2nc3occn3c2-c2ccc(Cl)nn2)c(F)c1. The summed E-state index contributed by atoms with van der Waals surface area (Å²) in [6.45, 7) is 0. The summed E-state index contributed by atoms with van der Waals surface area (Å²) in [6.07, 6.45) is 3.07. The minimum absolute atomic E-state index is 0.136. The minimum atomic E-state index is -0.728. The molecule has 0 unspecified atom stereocenters. The average molecular weight is 333 g/mol. The average Bonchev–Trinajstić information content (AvgIpc) is 3.09. The first-order chi connectivity index (χ1) is 11.1. The Bertz CT molecular complexity index is 1010. The highest BCUT2D eigenvalue weighted by Gasteiger charge is 2.21. The van der Waals surface area contributed by atoms with Crippen LogP contribution in [-0.4, -0.2) is 19.6 Å². The number of aromatic nitrogens is 4. The molecule has 0 aliphatic carbocycles. The molecule has 4 aromatic rings. The van der Waals surface area contributed by atoms with Crippen molar-refractivity contribution in [2.45, 2.75) is 0 Å². The monoisotopic (exact) mass is 332 g/mol. The highest BCUT2D eigenvalue weighted by molar-refractivity contribution is 6.29. The summed E-state index contributed by atoms with van der Waals surface area (Å²) in [7, 11) is 0. The maximum absolute atomic E-state index is 14.2. The predicted octanol–water partition coefficient (Wildman–Crippen LogP) is 3.98. The Morgan fingerprint density at radius 2 is 1.96 bits per heavy atom. The van der Waals surface area contributed by atoms with Gasteiger partial charge in [0.2, 0.25) is 0 Å². The normalized spacial score (nSPS) is 11.3. The second-order valence-corrected chi connectivity index (χ2v) is 5.12. The van der Waals surface area contributed by atoms with Crippen LogP contribution in [0.25, 0.3) is 28.5 Å². The number of imidazole rings is 1. The molecular formula is C15H7ClF2N4O. The Morgan fingerprint density at radius 1 is 1.09 bits per heavy atom. The van der Waals surface area contributed by atoms with E-state index in [1.807, 2.05) is 0 Å². The Hall–Kier alpha value is -2.80. The van der Waals surface area contributed by atoms with Crippen LogP contribution in [0, 0.1) is 11.6 Å². The van der Waals surface area contributed by atoms with Crippen molar-refractivity contribution >= 4 is 17.4 Å². The Balaban J connectivity index is 2.01. The molecule has 0 radical (unpaired) electrons. The van der Waals surface area contributed by atoms with Gasteiger partial charge in [-0.15, -0.1) is 10.2 Å². The van der Waals surface area contributed by atoms with Crippen LogP contribution in [0.1, 0.15) is 0 Å². The molecule has 3 aromatic heterocycles. The number of benzene rings is 1. The van der Waals surface area contributed by atoms with Crippen molar-refractivity contribution in [3.63, 3.8) is 0 Å². The number of nitrogens with zero attached hydrogens (tertiary/aromatic N) is 4. The Morgan fingerprint density at radius 3 is 2.70 bits per heavy atom. The van der Waals surface area contributed by atoms with Crippen LogP contribution in [0.4, 0.5) is 8.78 Å². The van der Waals surface area contributed by atoms with Gasteiger partial charge >= 0.3 is 5.84 Å². The Kier molecular flexibility index (Phi) is 3.09. The van der Waals surface area contributed by atoms with Gasteiger partial charge in [0, 0.05) is 17.8 Å². The highest BCUT2D eigenvalue weighted by atomic mass is 35.5. The van der Waals surface area contributed by atoms with Crippen LogP contribution in [0.15, 0.2) is 47.2 Å². The van der Waals surface area contributed by atoms with Gasteiger partial charge in [0.05, 0.1) is 0 Å². The number of rotatable bonds is 2. The first kappa shape index (κ1) is 13.8. The fourth-order valence-electron chi connectivity index (χ4n) is 2.34. The molecule has 0 aliphatic rings. The first-order valence-corrected chi connectivity index (χ1v) is 6.92. The standard InChI is InChI=1S/C15H7ClF2N4O/c16-12-4-3-11(20-21-12)14-13(19-15-22(14)5-6-23-15)9-2-1-8(17)7-10(9)18/h1-7H. The molecule has 0 fully saturated rings. The van der Waals surface area contributed by atoms with Crippen LogP contribution < -0.4 is 0 Å². The van der Waals surface area contributed by atoms with Gasteiger partial charge in [0.25, 0.3) is 0 Å². The molecule has 0 aliphatic heterocycles. The van der Waals surface area contributed by atoms with Crippen LogP contribution in [-0.2, 0) is 0 Å². The summed E-state index contributed by atoms with van der Waals surface area (Å²) < 4.78 is 34.2. The van der Waals surface area contributed by atoms with Gasteiger partial charge in [-0.05, 0) is 24.3 Å². The smallest absolute Gasteiger partial charge is 0.306 e. The third-order valence-electron chi connectivity index (χ3n) is 3.32. The maximum Gasteiger partial charge on any atom is 0.306 e. The second-order valence-electron chi connectivity index (χ2n) is 4.73. The van der Waals surface area contributed by atoms with E-state index in [4.69, 9.17) is 16.0 Å². The quantitative estimate of drug-likeness (QED) is 0.557. The zero-order chi connectivity index (χ0) is 16.0. The summed E-state index contributed by atoms with van der Waals surface area (Å²) in [5.74, 6) is -1.13. The fourth-order valence-corrected chi connectivity index (χ4v) is 2.44. The highest BCUT2D eigenvalue weighted by Crippen LogP contribution is 2.33. The topological polar surface area (TPSA) is 56.2 Å². The number of oxazole rings is 1. The van der Waals surface area contributed by atoms with Gasteiger partial charge in [-0.25, -0.2) is 8.78 Å². The third-order valence-corrected chi connectivity index (χ3v) is 3.52. The maximum atomic E-state index is 14.2. The predicted molar refractivity (Wildman–Crippen MR) is 78.8 cm³/mol. The molecular weight excluding hydrogens is 326 g/mol. The van der Waals surface area contributed by atoms with Gasteiger partial charge in [-0.3, -0.25) is 4.40 Å². The van der Waals surface area contributed by atoms with E-state index in [2.05, 4.69) is 15.2 Å². The fraction of sp³-hybridized carbons (Fsp3) is 0. The number of hydrogen-bond acceptors (Lipinski definition) is 4. The van der Waals surface area contributed by atoms with E-state index in [0.29, 0.717) is 11.4 Å². The van der Waals surface area contributed by atoms with Gasteiger partial charge in [0.1, 0.15) is 35.0 Å². The van der Waals surface area contributed by atoms with E-state index in [1.165, 1.54) is 12.3 Å². The van der Waals surface area contributed by atoms with Crippen LogP contribution in [0.5, 0.6) is 0 Å². The lowest BCUT2D eigenvalue weighted by Crippen LogP contribution is -1.94. The van der Waals surface area contributed by atoms with Crippen LogP contribution in [0.2, 0.25) is 5.15 Å². The van der Waals surface area contributed by atoms with Crippen LogP contribution in [0.3, 0.4) is 0 Å². The molecule has 8 heteroatoms. The van der Waals surface area contributed by atoms with Gasteiger partial charge in [-0.2, -0.15) is 4.98 Å². The van der Waals surface area contributed by atoms with E-state index < -0.39 is 11.6 Å². The summed E-state index contributed by atoms with van der Waals surface area (Å²) in [5.41, 5.74) is 1.32. The number of fused-ring (bicyclic) bond motifs is 1. The van der Waals surface area contributed by atoms with E-state index in [1.54, 1.807) is 22.7 Å². The lowest BCUT2D eigenvalue weighted by Gasteiger charge is -2.04. The van der Waals surface area contributed by atoms with Crippen molar-refractivity contribution in [2.24, 2.45) is 0 Å². The second kappa shape index (κ2) is 5.13. The zero-order valence-corrected chi connectivity index (χ0v) is 12.1. The molecule has 0 atom stereocenters. The number of hydrogen-bond donors (Lipinski definition) is 0. The molecule has 0 saturated heterocycles. The number of halogens is 3. The molecule has 0 amide bonds. The van der Waals surface area contributed by atoms with Gasteiger partial charge in [0.15, 0.2) is 5.15 Å². The summed E-state index contributed by atoms with van der Waals surface area (Å²) in [4.78, 5) is 4.27.